The first-order valence-electron chi connectivity index (χ1n) is 9.32. The molecule has 1 aliphatic heterocycles. The lowest BCUT2D eigenvalue weighted by atomic mass is 10.1. The summed E-state index contributed by atoms with van der Waals surface area (Å²) in [5.74, 6) is 1.28. The van der Waals surface area contributed by atoms with Crippen LogP contribution in [-0.4, -0.2) is 48.4 Å². The van der Waals surface area contributed by atoms with Crippen LogP contribution < -0.4 is 10.1 Å². The fourth-order valence-corrected chi connectivity index (χ4v) is 2.96. The summed E-state index contributed by atoms with van der Waals surface area (Å²) in [6.07, 6.45) is 0.135. The van der Waals surface area contributed by atoms with Crippen LogP contribution in [0.5, 0.6) is 5.75 Å². The molecule has 146 valence electrons. The smallest absolute Gasteiger partial charge is 0.274 e. The Bertz CT molecular complexity index is 749. The molecule has 27 heavy (non-hydrogen) atoms. The van der Waals surface area contributed by atoms with Crippen molar-refractivity contribution in [1.29, 1.82) is 0 Å². The second-order valence-electron chi connectivity index (χ2n) is 6.95. The molecule has 0 saturated carbocycles. The number of nitrogens with one attached hydrogen (secondary N) is 1. The molecule has 1 amide bonds. The number of nitrogens with zero attached hydrogens (tertiary/aromatic N) is 2. The molecule has 0 aliphatic carbocycles. The molecule has 2 heterocycles. The fourth-order valence-electron chi connectivity index (χ4n) is 2.96. The van der Waals surface area contributed by atoms with Crippen LogP contribution in [-0.2, 0) is 17.8 Å². The average Bonchev–Trinajstić information content (AvgIpc) is 3.02. The molecule has 7 nitrogen and oxygen atoms in total. The standard InChI is InChI=1S/C20H27N3O4/c1-14(2)26-17-6-4-16(5-7-17)12-21-20(24)19-18(15(3)27-22-19)13-23-8-10-25-11-9-23/h4-7,14H,8-13H2,1-3H3,(H,21,24). The maximum Gasteiger partial charge on any atom is 0.274 e. The Balaban J connectivity index is 1.59. The Hall–Kier alpha value is -2.38. The monoisotopic (exact) mass is 373 g/mol. The van der Waals surface area contributed by atoms with Crippen molar-refractivity contribution in [2.24, 2.45) is 0 Å². The lowest BCUT2D eigenvalue weighted by Gasteiger charge is -2.26. The molecule has 0 bridgehead atoms. The molecule has 0 unspecified atom stereocenters. The summed E-state index contributed by atoms with van der Waals surface area (Å²) in [5.41, 5.74) is 2.20. The van der Waals surface area contributed by atoms with E-state index in [2.05, 4.69) is 15.4 Å². The molecule has 1 aliphatic rings. The van der Waals surface area contributed by atoms with Crippen LogP contribution in [0.1, 0.15) is 41.2 Å². The maximum atomic E-state index is 12.6. The van der Waals surface area contributed by atoms with Crippen LogP contribution in [0.15, 0.2) is 28.8 Å². The minimum Gasteiger partial charge on any atom is -0.491 e. The number of carbonyl (C=O) groups excluding carboxylic acids is 1. The van der Waals surface area contributed by atoms with Crippen molar-refractivity contribution in [3.63, 3.8) is 0 Å². The van der Waals surface area contributed by atoms with Crippen molar-refractivity contribution in [1.82, 2.24) is 15.4 Å². The third-order valence-electron chi connectivity index (χ3n) is 4.43. The number of aromatic nitrogens is 1. The van der Waals surface area contributed by atoms with Gasteiger partial charge in [-0.25, -0.2) is 0 Å². The van der Waals surface area contributed by atoms with Crippen molar-refractivity contribution in [2.75, 3.05) is 26.3 Å². The summed E-state index contributed by atoms with van der Waals surface area (Å²) >= 11 is 0. The van der Waals surface area contributed by atoms with Gasteiger partial charge in [0.1, 0.15) is 11.5 Å². The molecule has 1 saturated heterocycles. The number of benzene rings is 1. The van der Waals surface area contributed by atoms with Gasteiger partial charge in [0, 0.05) is 31.7 Å². The van der Waals surface area contributed by atoms with Crippen LogP contribution >= 0.6 is 0 Å². The molecular weight excluding hydrogens is 346 g/mol. The van der Waals surface area contributed by atoms with Gasteiger partial charge in [0.15, 0.2) is 5.69 Å². The van der Waals surface area contributed by atoms with E-state index in [0.717, 1.165) is 30.0 Å². The summed E-state index contributed by atoms with van der Waals surface area (Å²) in [4.78, 5) is 14.8. The van der Waals surface area contributed by atoms with Gasteiger partial charge in [-0.1, -0.05) is 17.3 Å². The Kier molecular flexibility index (Phi) is 6.47. The molecule has 1 fully saturated rings. The molecule has 0 radical (unpaired) electrons. The minimum atomic E-state index is -0.224. The topological polar surface area (TPSA) is 76.8 Å². The highest BCUT2D eigenvalue weighted by molar-refractivity contribution is 5.93. The zero-order valence-electron chi connectivity index (χ0n) is 16.2. The third kappa shape index (κ3) is 5.30. The number of morpholine rings is 1. The van der Waals surface area contributed by atoms with Gasteiger partial charge in [-0.05, 0) is 38.5 Å². The number of hydrogen-bond acceptors (Lipinski definition) is 6. The van der Waals surface area contributed by atoms with Gasteiger partial charge < -0.3 is 19.3 Å². The van der Waals surface area contributed by atoms with Crippen molar-refractivity contribution in [3.05, 3.63) is 46.8 Å². The van der Waals surface area contributed by atoms with Gasteiger partial charge in [-0.2, -0.15) is 0 Å². The van der Waals surface area contributed by atoms with Crippen LogP contribution in [0.2, 0.25) is 0 Å². The molecule has 3 rings (SSSR count). The van der Waals surface area contributed by atoms with E-state index in [4.69, 9.17) is 14.0 Å². The predicted molar refractivity (Wildman–Crippen MR) is 101 cm³/mol. The third-order valence-corrected chi connectivity index (χ3v) is 4.43. The van der Waals surface area contributed by atoms with Gasteiger partial charge in [-0.15, -0.1) is 0 Å². The Labute approximate surface area is 159 Å². The summed E-state index contributed by atoms with van der Waals surface area (Å²) in [7, 11) is 0. The van der Waals surface area contributed by atoms with Crippen molar-refractivity contribution < 1.29 is 18.8 Å². The molecule has 0 atom stereocenters. The summed E-state index contributed by atoms with van der Waals surface area (Å²) in [6.45, 7) is 9.99. The number of amides is 1. The molecule has 7 heteroatoms. The Morgan fingerprint density at radius 3 is 2.63 bits per heavy atom. The first-order valence-corrected chi connectivity index (χ1v) is 9.32. The minimum absolute atomic E-state index is 0.135. The quantitative estimate of drug-likeness (QED) is 0.804. The first kappa shape index (κ1) is 19.4. The van der Waals surface area contributed by atoms with Crippen LogP contribution in [0.25, 0.3) is 0 Å². The number of ether oxygens (including phenoxy) is 2. The normalized spacial score (nSPS) is 15.1. The highest BCUT2D eigenvalue weighted by Crippen LogP contribution is 2.18. The predicted octanol–water partition coefficient (Wildman–Crippen LogP) is 2.53. The second kappa shape index (κ2) is 9.01. The summed E-state index contributed by atoms with van der Waals surface area (Å²) in [5, 5.41) is 6.90. The van der Waals surface area contributed by atoms with E-state index in [1.54, 1.807) is 0 Å². The van der Waals surface area contributed by atoms with Gasteiger partial charge in [-0.3, -0.25) is 9.69 Å². The average molecular weight is 373 g/mol. The number of hydrogen-bond donors (Lipinski definition) is 1. The lowest BCUT2D eigenvalue weighted by Crippen LogP contribution is -2.36. The van der Waals surface area contributed by atoms with E-state index in [9.17, 15) is 4.79 Å². The Morgan fingerprint density at radius 1 is 1.26 bits per heavy atom. The zero-order chi connectivity index (χ0) is 19.2. The number of carbonyl (C=O) groups is 1. The number of aryl methyl sites for hydroxylation is 1. The SMILES string of the molecule is Cc1onc(C(=O)NCc2ccc(OC(C)C)cc2)c1CN1CCOCC1. The highest BCUT2D eigenvalue weighted by Gasteiger charge is 2.22. The largest absolute Gasteiger partial charge is 0.491 e. The summed E-state index contributed by atoms with van der Waals surface area (Å²) < 4.78 is 16.3. The molecule has 2 aromatic rings. The van der Waals surface area contributed by atoms with Gasteiger partial charge in [0.2, 0.25) is 0 Å². The highest BCUT2D eigenvalue weighted by atomic mass is 16.5. The van der Waals surface area contributed by atoms with Crippen molar-refractivity contribution in [3.8, 4) is 5.75 Å². The van der Waals surface area contributed by atoms with Crippen LogP contribution in [0, 0.1) is 6.92 Å². The Morgan fingerprint density at radius 2 is 1.96 bits per heavy atom. The van der Waals surface area contributed by atoms with E-state index < -0.39 is 0 Å². The second-order valence-corrected chi connectivity index (χ2v) is 6.95. The van der Waals surface area contributed by atoms with Gasteiger partial charge in [0.05, 0.1) is 19.3 Å². The summed E-state index contributed by atoms with van der Waals surface area (Å²) in [6, 6.07) is 7.71. The molecule has 1 aromatic carbocycles. The van der Waals surface area contributed by atoms with Crippen LogP contribution in [0.4, 0.5) is 0 Å². The van der Waals surface area contributed by atoms with Gasteiger partial charge >= 0.3 is 0 Å². The van der Waals surface area contributed by atoms with Crippen molar-refractivity contribution in [2.45, 2.75) is 40.0 Å². The van der Waals surface area contributed by atoms with Crippen LogP contribution in [0.3, 0.4) is 0 Å². The molecular formula is C20H27N3O4. The van der Waals surface area contributed by atoms with E-state index in [-0.39, 0.29) is 12.0 Å². The molecule has 1 N–H and O–H groups in total. The van der Waals surface area contributed by atoms with E-state index in [1.807, 2.05) is 45.0 Å². The maximum absolute atomic E-state index is 12.6. The zero-order valence-corrected chi connectivity index (χ0v) is 16.2. The molecule has 1 aromatic heterocycles. The van der Waals surface area contributed by atoms with E-state index in [1.165, 1.54) is 0 Å². The fraction of sp³-hybridized carbons (Fsp3) is 0.500. The number of rotatable bonds is 7. The first-order chi connectivity index (χ1) is 13.0. The van der Waals surface area contributed by atoms with Gasteiger partial charge in [0.25, 0.3) is 5.91 Å². The lowest BCUT2D eigenvalue weighted by molar-refractivity contribution is 0.0339. The van der Waals surface area contributed by atoms with E-state index >= 15 is 0 Å². The van der Waals surface area contributed by atoms with E-state index in [0.29, 0.717) is 37.8 Å². The molecule has 0 spiro atoms. The van der Waals surface area contributed by atoms with Crippen molar-refractivity contribution >= 4 is 5.91 Å².